The Morgan fingerprint density at radius 3 is 2.30 bits per heavy atom. The van der Waals surface area contributed by atoms with Gasteiger partial charge in [-0.15, -0.1) is 0 Å². The van der Waals surface area contributed by atoms with Crippen molar-refractivity contribution in [3.8, 4) is 5.75 Å². The van der Waals surface area contributed by atoms with E-state index in [2.05, 4.69) is 0 Å². The number of rotatable bonds is 6. The van der Waals surface area contributed by atoms with Crippen molar-refractivity contribution in [2.75, 3.05) is 7.11 Å². The van der Waals surface area contributed by atoms with Gasteiger partial charge in [-0.05, 0) is 49.2 Å². The number of hydrogen-bond donors (Lipinski definition) is 1. The monoisotopic (exact) mass is 401 g/mol. The number of alkyl halides is 3. The van der Waals surface area contributed by atoms with E-state index in [1.165, 1.54) is 50.4 Å². The fourth-order valence-corrected chi connectivity index (χ4v) is 3.71. The van der Waals surface area contributed by atoms with Crippen molar-refractivity contribution in [1.82, 2.24) is 5.32 Å². The highest BCUT2D eigenvalue weighted by atomic mass is 32.2. The zero-order valence-corrected chi connectivity index (χ0v) is 15.4. The number of nitrogens with one attached hydrogen (secondary N) is 1. The van der Waals surface area contributed by atoms with E-state index in [1.807, 2.05) is 5.32 Å². The first-order valence-corrected chi connectivity index (χ1v) is 9.38. The van der Waals surface area contributed by atoms with Gasteiger partial charge in [0, 0.05) is 6.04 Å². The predicted octanol–water partition coefficient (Wildman–Crippen LogP) is 3.14. The van der Waals surface area contributed by atoms with Crippen LogP contribution in [0.2, 0.25) is 0 Å². The third-order valence-corrected chi connectivity index (χ3v) is 5.53. The maximum Gasteiger partial charge on any atom is 0.471 e. The average molecular weight is 401 g/mol. The second-order valence-corrected chi connectivity index (χ2v) is 7.85. The molecule has 0 heterocycles. The molecule has 1 atom stereocenters. The highest BCUT2D eigenvalue weighted by molar-refractivity contribution is 7.91. The SMILES string of the molecule is COc1cccc(S(=O)(=O)c2ccc(C[C@@H](C)NC(=O)C(F)(F)F)cc2)c1. The fourth-order valence-electron chi connectivity index (χ4n) is 2.42. The molecule has 0 aliphatic heterocycles. The molecule has 0 spiro atoms. The van der Waals surface area contributed by atoms with E-state index in [9.17, 15) is 26.4 Å². The first kappa shape index (κ1) is 20.8. The molecule has 0 aliphatic carbocycles. The molecule has 0 saturated carbocycles. The van der Waals surface area contributed by atoms with E-state index >= 15 is 0 Å². The van der Waals surface area contributed by atoms with Gasteiger partial charge in [-0.25, -0.2) is 8.42 Å². The molecule has 0 bridgehead atoms. The van der Waals surface area contributed by atoms with E-state index in [0.29, 0.717) is 11.3 Å². The lowest BCUT2D eigenvalue weighted by Gasteiger charge is -2.15. The molecule has 0 radical (unpaired) electrons. The van der Waals surface area contributed by atoms with Gasteiger partial charge in [-0.2, -0.15) is 13.2 Å². The summed E-state index contributed by atoms with van der Waals surface area (Å²) in [5.74, 6) is -1.60. The number of methoxy groups -OCH3 is 1. The summed E-state index contributed by atoms with van der Waals surface area (Å²) < 4.78 is 67.1. The van der Waals surface area contributed by atoms with Gasteiger partial charge in [0.05, 0.1) is 16.9 Å². The van der Waals surface area contributed by atoms with Crippen molar-refractivity contribution in [1.29, 1.82) is 0 Å². The van der Waals surface area contributed by atoms with Crippen LogP contribution in [0.1, 0.15) is 12.5 Å². The van der Waals surface area contributed by atoms with Crippen LogP contribution < -0.4 is 10.1 Å². The molecule has 1 N–H and O–H groups in total. The van der Waals surface area contributed by atoms with Crippen molar-refractivity contribution >= 4 is 15.7 Å². The van der Waals surface area contributed by atoms with Gasteiger partial charge in [0.15, 0.2) is 0 Å². The Kier molecular flexibility index (Phi) is 6.15. The second kappa shape index (κ2) is 7.99. The molecule has 2 aromatic rings. The summed E-state index contributed by atoms with van der Waals surface area (Å²) in [6.45, 7) is 1.44. The zero-order valence-electron chi connectivity index (χ0n) is 14.6. The standard InChI is InChI=1S/C18H18F3NO4S/c1-12(22-17(23)18(19,20)21)10-13-6-8-15(9-7-13)27(24,25)16-5-3-4-14(11-16)26-2/h3-9,11-12H,10H2,1-2H3,(H,22,23)/t12-/m1/s1. The van der Waals surface area contributed by atoms with Crippen molar-refractivity contribution in [3.05, 3.63) is 54.1 Å². The van der Waals surface area contributed by atoms with Gasteiger partial charge >= 0.3 is 12.1 Å². The summed E-state index contributed by atoms with van der Waals surface area (Å²) in [5, 5.41) is 1.86. The Hall–Kier alpha value is -2.55. The topological polar surface area (TPSA) is 72.5 Å². The first-order valence-electron chi connectivity index (χ1n) is 7.90. The van der Waals surface area contributed by atoms with E-state index in [4.69, 9.17) is 4.74 Å². The minimum absolute atomic E-state index is 0.0477. The van der Waals surface area contributed by atoms with Crippen LogP contribution in [0.3, 0.4) is 0 Å². The molecule has 0 fully saturated rings. The summed E-state index contributed by atoms with van der Waals surface area (Å²) in [4.78, 5) is 11.1. The van der Waals surface area contributed by atoms with Crippen LogP contribution in [0.5, 0.6) is 5.75 Å². The highest BCUT2D eigenvalue weighted by Crippen LogP contribution is 2.24. The lowest BCUT2D eigenvalue weighted by molar-refractivity contribution is -0.174. The summed E-state index contributed by atoms with van der Waals surface area (Å²) in [5.41, 5.74) is 0.592. The van der Waals surface area contributed by atoms with Crippen LogP contribution in [-0.2, 0) is 21.1 Å². The van der Waals surface area contributed by atoms with Gasteiger partial charge in [0.25, 0.3) is 0 Å². The van der Waals surface area contributed by atoms with Crippen molar-refractivity contribution in [2.24, 2.45) is 0 Å². The number of carbonyl (C=O) groups is 1. The molecule has 0 unspecified atom stereocenters. The Balaban J connectivity index is 2.13. The Labute approximate surface area is 155 Å². The lowest BCUT2D eigenvalue weighted by atomic mass is 10.1. The Morgan fingerprint density at radius 1 is 1.11 bits per heavy atom. The van der Waals surface area contributed by atoms with Gasteiger partial charge in [0.1, 0.15) is 5.75 Å². The quantitative estimate of drug-likeness (QED) is 0.807. The van der Waals surface area contributed by atoms with Gasteiger partial charge < -0.3 is 10.1 Å². The van der Waals surface area contributed by atoms with Crippen molar-refractivity contribution < 1.29 is 31.1 Å². The second-order valence-electron chi connectivity index (χ2n) is 5.90. The van der Waals surface area contributed by atoms with E-state index in [0.717, 1.165) is 0 Å². The van der Waals surface area contributed by atoms with Crippen LogP contribution in [0, 0.1) is 0 Å². The molecule has 146 valence electrons. The molecule has 9 heteroatoms. The van der Waals surface area contributed by atoms with E-state index in [1.54, 1.807) is 12.1 Å². The third-order valence-electron chi connectivity index (χ3n) is 3.76. The van der Waals surface area contributed by atoms with E-state index < -0.39 is 28.0 Å². The van der Waals surface area contributed by atoms with Crippen LogP contribution in [-0.4, -0.2) is 33.7 Å². The molecule has 5 nitrogen and oxygen atoms in total. The van der Waals surface area contributed by atoms with Gasteiger partial charge in [0.2, 0.25) is 9.84 Å². The fraction of sp³-hybridized carbons (Fsp3) is 0.278. The third kappa shape index (κ3) is 5.22. The highest BCUT2D eigenvalue weighted by Gasteiger charge is 2.39. The van der Waals surface area contributed by atoms with Crippen LogP contribution >= 0.6 is 0 Å². The smallest absolute Gasteiger partial charge is 0.471 e. The molecule has 1 amide bonds. The largest absolute Gasteiger partial charge is 0.497 e. The molecule has 0 aliphatic rings. The number of amides is 1. The molecule has 2 aromatic carbocycles. The minimum Gasteiger partial charge on any atom is -0.497 e. The van der Waals surface area contributed by atoms with Gasteiger partial charge in [-0.1, -0.05) is 18.2 Å². The molecule has 0 aromatic heterocycles. The summed E-state index contributed by atoms with van der Waals surface area (Å²) in [6, 6.07) is 11.0. The minimum atomic E-state index is -4.94. The molecular weight excluding hydrogens is 383 g/mol. The van der Waals surface area contributed by atoms with Crippen LogP contribution in [0.25, 0.3) is 0 Å². The van der Waals surface area contributed by atoms with Crippen LogP contribution in [0.4, 0.5) is 13.2 Å². The number of benzene rings is 2. The maximum atomic E-state index is 12.7. The molecule has 27 heavy (non-hydrogen) atoms. The van der Waals surface area contributed by atoms with Crippen molar-refractivity contribution in [2.45, 2.75) is 35.4 Å². The molecular formula is C18H18F3NO4S. The lowest BCUT2D eigenvalue weighted by Crippen LogP contribution is -2.42. The Bertz CT molecular complexity index is 909. The Morgan fingerprint density at radius 2 is 1.74 bits per heavy atom. The number of hydrogen-bond acceptors (Lipinski definition) is 4. The van der Waals surface area contributed by atoms with Gasteiger partial charge in [-0.3, -0.25) is 4.79 Å². The molecule has 2 rings (SSSR count). The summed E-state index contributed by atoms with van der Waals surface area (Å²) in [6.07, 6.45) is -4.82. The maximum absolute atomic E-state index is 12.7. The molecule has 0 saturated heterocycles. The predicted molar refractivity (Wildman–Crippen MR) is 92.3 cm³/mol. The van der Waals surface area contributed by atoms with Crippen LogP contribution in [0.15, 0.2) is 58.3 Å². The van der Waals surface area contributed by atoms with E-state index in [-0.39, 0.29) is 16.2 Å². The summed E-state index contributed by atoms with van der Waals surface area (Å²) >= 11 is 0. The average Bonchev–Trinajstić information content (AvgIpc) is 2.61. The number of ether oxygens (including phenoxy) is 1. The summed E-state index contributed by atoms with van der Waals surface area (Å²) in [7, 11) is -2.32. The first-order chi connectivity index (χ1) is 12.5. The number of carbonyl (C=O) groups excluding carboxylic acids is 1. The zero-order chi connectivity index (χ0) is 20.2. The number of halogens is 3. The number of sulfone groups is 1. The normalized spacial score (nSPS) is 13.1. The van der Waals surface area contributed by atoms with Crippen molar-refractivity contribution in [3.63, 3.8) is 0 Å².